The summed E-state index contributed by atoms with van der Waals surface area (Å²) >= 11 is 0. The van der Waals surface area contributed by atoms with Gasteiger partial charge in [-0.15, -0.1) is 0 Å². The fraction of sp³-hybridized carbons (Fsp3) is 0.400. The minimum absolute atomic E-state index is 0.0181. The van der Waals surface area contributed by atoms with Gasteiger partial charge in [0, 0.05) is 42.7 Å². The molecule has 0 aliphatic carbocycles. The number of hydrogen-bond acceptors (Lipinski definition) is 8. The zero-order valence-electron chi connectivity index (χ0n) is 17.3. The van der Waals surface area contributed by atoms with Gasteiger partial charge < -0.3 is 11.1 Å². The Kier molecular flexibility index (Phi) is 6.34. The van der Waals surface area contributed by atoms with E-state index in [1.807, 2.05) is 38.1 Å². The molecule has 3 N–H and O–H groups in total. The number of nitrogens with one attached hydrogen (secondary N) is 1. The summed E-state index contributed by atoms with van der Waals surface area (Å²) in [5, 5.41) is 17.0. The van der Waals surface area contributed by atoms with E-state index in [1.54, 1.807) is 0 Å². The highest BCUT2D eigenvalue weighted by Gasteiger charge is 2.24. The summed E-state index contributed by atoms with van der Waals surface area (Å²) < 4.78 is 25.6. The lowest BCUT2D eigenvalue weighted by Gasteiger charge is -2.07. The standard InChI is InChI=1S/C20H25N7O2S/c1-4-6-15-17(12-23-10-9-14-8-5-7-13(2)24-14)26-27-18(22)16(11-21)20(25-19(15)27)30(3,28)29/h5,7-8,23H,4,6,9-10,12,22H2,1-3H3. The Balaban J connectivity index is 1.91. The molecule has 3 aromatic rings. The zero-order chi connectivity index (χ0) is 21.9. The Hall–Kier alpha value is -3.03. The molecule has 3 rings (SSSR count). The first-order chi connectivity index (χ1) is 14.3. The number of anilines is 1. The van der Waals surface area contributed by atoms with E-state index in [2.05, 4.69) is 20.4 Å². The molecule has 10 heteroatoms. The Labute approximate surface area is 175 Å². The third-order valence-electron chi connectivity index (χ3n) is 4.70. The van der Waals surface area contributed by atoms with E-state index in [0.29, 0.717) is 25.2 Å². The average molecular weight is 428 g/mol. The minimum Gasteiger partial charge on any atom is -0.382 e. The summed E-state index contributed by atoms with van der Waals surface area (Å²) in [6.45, 7) is 5.16. The van der Waals surface area contributed by atoms with Gasteiger partial charge in [0.2, 0.25) is 0 Å². The van der Waals surface area contributed by atoms with E-state index in [9.17, 15) is 13.7 Å². The van der Waals surface area contributed by atoms with Gasteiger partial charge in [-0.2, -0.15) is 14.9 Å². The van der Waals surface area contributed by atoms with Crippen LogP contribution in [0.1, 0.15) is 41.6 Å². The Morgan fingerprint density at radius 1 is 1.27 bits per heavy atom. The number of pyridine rings is 1. The van der Waals surface area contributed by atoms with Gasteiger partial charge >= 0.3 is 0 Å². The normalized spacial score (nSPS) is 11.7. The van der Waals surface area contributed by atoms with Crippen molar-refractivity contribution in [3.8, 4) is 6.07 Å². The summed E-state index contributed by atoms with van der Waals surface area (Å²) in [5.74, 6) is -0.0181. The van der Waals surface area contributed by atoms with Crippen molar-refractivity contribution in [2.24, 2.45) is 0 Å². The summed E-state index contributed by atoms with van der Waals surface area (Å²) in [6, 6.07) is 7.78. The first-order valence-electron chi connectivity index (χ1n) is 9.69. The van der Waals surface area contributed by atoms with Gasteiger partial charge in [-0.3, -0.25) is 4.98 Å². The average Bonchev–Trinajstić information content (AvgIpc) is 3.03. The second kappa shape index (κ2) is 8.77. The van der Waals surface area contributed by atoms with Gasteiger partial charge in [-0.05, 0) is 25.5 Å². The van der Waals surface area contributed by atoms with Crippen LogP contribution in [0.3, 0.4) is 0 Å². The van der Waals surface area contributed by atoms with Gasteiger partial charge in [-0.25, -0.2) is 13.4 Å². The van der Waals surface area contributed by atoms with E-state index in [0.717, 1.165) is 41.7 Å². The van der Waals surface area contributed by atoms with Crippen molar-refractivity contribution < 1.29 is 8.42 Å². The topological polar surface area (TPSA) is 139 Å². The van der Waals surface area contributed by atoms with E-state index < -0.39 is 9.84 Å². The number of nitrogens with two attached hydrogens (primary N) is 1. The third-order valence-corrected chi connectivity index (χ3v) is 5.70. The van der Waals surface area contributed by atoms with Crippen LogP contribution in [0.2, 0.25) is 0 Å². The molecule has 0 radical (unpaired) electrons. The maximum absolute atomic E-state index is 12.1. The lowest BCUT2D eigenvalue weighted by molar-refractivity contribution is 0.597. The van der Waals surface area contributed by atoms with Crippen LogP contribution in [0.15, 0.2) is 23.2 Å². The molecule has 0 saturated carbocycles. The molecule has 0 amide bonds. The molecule has 158 valence electrons. The summed E-state index contributed by atoms with van der Waals surface area (Å²) in [6.07, 6.45) is 3.29. The van der Waals surface area contributed by atoms with Gasteiger partial charge in [0.15, 0.2) is 20.5 Å². The molecule has 9 nitrogen and oxygen atoms in total. The second-order valence-electron chi connectivity index (χ2n) is 7.17. The second-order valence-corrected chi connectivity index (χ2v) is 9.10. The van der Waals surface area contributed by atoms with Crippen LogP contribution < -0.4 is 11.1 Å². The van der Waals surface area contributed by atoms with Crippen molar-refractivity contribution in [2.45, 2.75) is 44.7 Å². The molecule has 0 aromatic carbocycles. The molecular formula is C20H25N7O2S. The number of fused-ring (bicyclic) bond motifs is 1. The largest absolute Gasteiger partial charge is 0.382 e. The van der Waals surface area contributed by atoms with Crippen LogP contribution in [-0.4, -0.2) is 40.8 Å². The first kappa shape index (κ1) is 21.7. The van der Waals surface area contributed by atoms with Crippen molar-refractivity contribution >= 4 is 21.3 Å². The van der Waals surface area contributed by atoms with Crippen LogP contribution in [0.25, 0.3) is 5.65 Å². The van der Waals surface area contributed by atoms with Gasteiger partial charge in [0.1, 0.15) is 17.5 Å². The molecular weight excluding hydrogens is 402 g/mol. The van der Waals surface area contributed by atoms with Crippen molar-refractivity contribution in [2.75, 3.05) is 18.5 Å². The van der Waals surface area contributed by atoms with Crippen LogP contribution in [0.5, 0.6) is 0 Å². The highest BCUT2D eigenvalue weighted by Crippen LogP contribution is 2.25. The van der Waals surface area contributed by atoms with Gasteiger partial charge in [0.25, 0.3) is 0 Å². The maximum Gasteiger partial charge on any atom is 0.194 e. The van der Waals surface area contributed by atoms with E-state index >= 15 is 0 Å². The fourth-order valence-corrected chi connectivity index (χ4v) is 4.09. The summed E-state index contributed by atoms with van der Waals surface area (Å²) in [5.41, 5.74) is 9.86. The number of nitriles is 1. The predicted octanol–water partition coefficient (Wildman–Crippen LogP) is 1.57. The van der Waals surface area contributed by atoms with Crippen molar-refractivity contribution in [3.05, 3.63) is 46.4 Å². The minimum atomic E-state index is -3.71. The van der Waals surface area contributed by atoms with Gasteiger partial charge in [-0.1, -0.05) is 19.4 Å². The van der Waals surface area contributed by atoms with Crippen LogP contribution >= 0.6 is 0 Å². The molecule has 0 unspecified atom stereocenters. The molecule has 0 bridgehead atoms. The number of nitrogen functional groups attached to an aromatic ring is 1. The van der Waals surface area contributed by atoms with Gasteiger partial charge in [0.05, 0.1) is 5.69 Å². The van der Waals surface area contributed by atoms with Crippen LogP contribution in [0, 0.1) is 18.3 Å². The predicted molar refractivity (Wildman–Crippen MR) is 114 cm³/mol. The molecule has 0 spiro atoms. The van der Waals surface area contributed by atoms with E-state index in [1.165, 1.54) is 4.52 Å². The van der Waals surface area contributed by atoms with E-state index in [4.69, 9.17) is 5.73 Å². The number of rotatable bonds is 8. The lowest BCUT2D eigenvalue weighted by Crippen LogP contribution is -2.18. The SMILES string of the molecule is CCCc1c(CNCCc2cccc(C)n2)nn2c(N)c(C#N)c(S(C)(=O)=O)nc12. The molecule has 30 heavy (non-hydrogen) atoms. The molecule has 0 atom stereocenters. The number of nitrogens with zero attached hydrogens (tertiary/aromatic N) is 5. The van der Waals surface area contributed by atoms with E-state index in [-0.39, 0.29) is 16.4 Å². The molecule has 0 aliphatic rings. The lowest BCUT2D eigenvalue weighted by atomic mass is 10.1. The number of aromatic nitrogens is 4. The number of sulfone groups is 1. The molecule has 3 aromatic heterocycles. The smallest absolute Gasteiger partial charge is 0.194 e. The summed E-state index contributed by atoms with van der Waals surface area (Å²) in [7, 11) is -3.71. The molecule has 0 fully saturated rings. The quantitative estimate of drug-likeness (QED) is 0.408. The molecule has 0 saturated heterocycles. The van der Waals surface area contributed by atoms with Crippen molar-refractivity contribution in [1.82, 2.24) is 24.9 Å². The third kappa shape index (κ3) is 4.42. The Bertz CT molecular complexity index is 1230. The first-order valence-corrected chi connectivity index (χ1v) is 11.6. The summed E-state index contributed by atoms with van der Waals surface area (Å²) in [4.78, 5) is 8.76. The van der Waals surface area contributed by atoms with Crippen LogP contribution in [-0.2, 0) is 29.2 Å². The number of hydrogen-bond donors (Lipinski definition) is 2. The highest BCUT2D eigenvalue weighted by atomic mass is 32.2. The van der Waals surface area contributed by atoms with Crippen LogP contribution in [0.4, 0.5) is 5.82 Å². The monoisotopic (exact) mass is 427 g/mol. The Morgan fingerprint density at radius 3 is 2.67 bits per heavy atom. The molecule has 3 heterocycles. The highest BCUT2D eigenvalue weighted by molar-refractivity contribution is 7.90. The van der Waals surface area contributed by atoms with Crippen molar-refractivity contribution in [1.29, 1.82) is 5.26 Å². The zero-order valence-corrected chi connectivity index (χ0v) is 18.1. The van der Waals surface area contributed by atoms with Crippen molar-refractivity contribution in [3.63, 3.8) is 0 Å². The Morgan fingerprint density at radius 2 is 2.03 bits per heavy atom. The molecule has 0 aliphatic heterocycles. The fourth-order valence-electron chi connectivity index (χ4n) is 3.32. The number of aryl methyl sites for hydroxylation is 2. The maximum atomic E-state index is 12.1.